The Morgan fingerprint density at radius 2 is 1.81 bits per heavy atom. The summed E-state index contributed by atoms with van der Waals surface area (Å²) in [5.74, 6) is 0.651. The van der Waals surface area contributed by atoms with Crippen molar-refractivity contribution < 1.29 is 14.3 Å². The van der Waals surface area contributed by atoms with Crippen LogP contribution in [0.5, 0.6) is 11.5 Å². The normalized spacial score (nSPS) is 10.8. The second kappa shape index (κ2) is 10.1. The lowest BCUT2D eigenvalue weighted by Crippen LogP contribution is -2.14. The van der Waals surface area contributed by atoms with Crippen molar-refractivity contribution >= 4 is 17.7 Å². The lowest BCUT2D eigenvalue weighted by molar-refractivity contribution is -0.112. The van der Waals surface area contributed by atoms with E-state index in [9.17, 15) is 10.1 Å². The van der Waals surface area contributed by atoms with Crippen LogP contribution in [0.4, 0.5) is 5.69 Å². The van der Waals surface area contributed by atoms with E-state index in [1.807, 2.05) is 68.4 Å². The maximum atomic E-state index is 12.6. The molecule has 0 aliphatic rings. The van der Waals surface area contributed by atoms with Crippen molar-refractivity contribution in [2.45, 2.75) is 20.5 Å². The van der Waals surface area contributed by atoms with E-state index in [0.29, 0.717) is 29.4 Å². The Morgan fingerprint density at radius 3 is 2.52 bits per heavy atom. The fraction of sp³-hybridized carbons (Fsp3) is 0.154. The average Bonchev–Trinajstić information content (AvgIpc) is 2.79. The van der Waals surface area contributed by atoms with E-state index >= 15 is 0 Å². The van der Waals surface area contributed by atoms with E-state index in [0.717, 1.165) is 16.7 Å². The minimum atomic E-state index is -0.459. The summed E-state index contributed by atoms with van der Waals surface area (Å²) >= 11 is 0. The predicted octanol–water partition coefficient (Wildman–Crippen LogP) is 5.44. The van der Waals surface area contributed by atoms with Crippen LogP contribution in [0.25, 0.3) is 6.08 Å². The summed E-state index contributed by atoms with van der Waals surface area (Å²) in [6.07, 6.45) is 1.53. The molecule has 3 rings (SSSR count). The standard InChI is InChI=1S/C26H24N2O3/c1-18-9-10-19(2)23(13-18)28-26(29)22(16-27)14-21-11-12-24(25(15-21)30-3)31-17-20-7-5-4-6-8-20/h4-15H,17H2,1-3H3,(H,28,29). The van der Waals surface area contributed by atoms with Crippen LogP contribution in [0, 0.1) is 25.2 Å². The second-order valence-corrected chi connectivity index (χ2v) is 7.13. The molecule has 0 unspecified atom stereocenters. The molecule has 0 radical (unpaired) electrons. The molecule has 0 heterocycles. The van der Waals surface area contributed by atoms with Crippen molar-refractivity contribution in [2.24, 2.45) is 0 Å². The fourth-order valence-electron chi connectivity index (χ4n) is 3.00. The SMILES string of the molecule is COc1cc(C=C(C#N)C(=O)Nc2cc(C)ccc2C)ccc1OCc1ccccc1. The first-order valence-corrected chi connectivity index (χ1v) is 9.85. The molecule has 0 saturated heterocycles. The minimum Gasteiger partial charge on any atom is -0.493 e. The van der Waals surface area contributed by atoms with Gasteiger partial charge in [0.1, 0.15) is 18.2 Å². The summed E-state index contributed by atoms with van der Waals surface area (Å²) in [4.78, 5) is 12.6. The van der Waals surface area contributed by atoms with Crippen LogP contribution in [0.2, 0.25) is 0 Å². The van der Waals surface area contributed by atoms with Gasteiger partial charge in [-0.05, 0) is 60.4 Å². The number of hydrogen-bond acceptors (Lipinski definition) is 4. The zero-order chi connectivity index (χ0) is 22.2. The van der Waals surface area contributed by atoms with Gasteiger partial charge in [-0.25, -0.2) is 0 Å². The molecule has 3 aromatic rings. The lowest BCUT2D eigenvalue weighted by Gasteiger charge is -2.12. The van der Waals surface area contributed by atoms with Gasteiger partial charge in [0.05, 0.1) is 7.11 Å². The number of carbonyl (C=O) groups excluding carboxylic acids is 1. The van der Waals surface area contributed by atoms with E-state index < -0.39 is 5.91 Å². The Kier molecular flexibility index (Phi) is 7.08. The first-order valence-electron chi connectivity index (χ1n) is 9.85. The maximum absolute atomic E-state index is 12.6. The summed E-state index contributed by atoms with van der Waals surface area (Å²) in [6.45, 7) is 4.27. The predicted molar refractivity (Wildman–Crippen MR) is 122 cm³/mol. The largest absolute Gasteiger partial charge is 0.493 e. The van der Waals surface area contributed by atoms with Gasteiger partial charge in [-0.15, -0.1) is 0 Å². The number of benzene rings is 3. The Labute approximate surface area is 182 Å². The van der Waals surface area contributed by atoms with Crippen molar-refractivity contribution in [1.82, 2.24) is 0 Å². The maximum Gasteiger partial charge on any atom is 0.266 e. The van der Waals surface area contributed by atoms with Crippen LogP contribution >= 0.6 is 0 Å². The molecule has 31 heavy (non-hydrogen) atoms. The van der Waals surface area contributed by atoms with Crippen LogP contribution in [0.1, 0.15) is 22.3 Å². The summed E-state index contributed by atoms with van der Waals surface area (Å²) in [5, 5.41) is 12.3. The van der Waals surface area contributed by atoms with E-state index in [1.54, 1.807) is 25.3 Å². The number of nitriles is 1. The number of methoxy groups -OCH3 is 1. The number of nitrogens with one attached hydrogen (secondary N) is 1. The van der Waals surface area contributed by atoms with E-state index in [-0.39, 0.29) is 5.57 Å². The average molecular weight is 412 g/mol. The molecule has 0 atom stereocenters. The van der Waals surface area contributed by atoms with Gasteiger partial charge in [-0.2, -0.15) is 5.26 Å². The number of anilines is 1. The number of amides is 1. The summed E-state index contributed by atoms with van der Waals surface area (Å²) in [6, 6.07) is 22.9. The van der Waals surface area contributed by atoms with Gasteiger partial charge in [0, 0.05) is 5.69 Å². The molecular weight excluding hydrogens is 388 g/mol. The van der Waals surface area contributed by atoms with Crippen molar-refractivity contribution in [1.29, 1.82) is 5.26 Å². The second-order valence-electron chi connectivity index (χ2n) is 7.13. The van der Waals surface area contributed by atoms with E-state index in [2.05, 4.69) is 5.32 Å². The van der Waals surface area contributed by atoms with Gasteiger partial charge in [-0.3, -0.25) is 4.79 Å². The number of aryl methyl sites for hydroxylation is 2. The van der Waals surface area contributed by atoms with Crippen LogP contribution in [0.3, 0.4) is 0 Å². The molecule has 5 heteroatoms. The van der Waals surface area contributed by atoms with Gasteiger partial charge in [0.2, 0.25) is 0 Å². The highest BCUT2D eigenvalue weighted by Gasteiger charge is 2.12. The van der Waals surface area contributed by atoms with Gasteiger partial charge >= 0.3 is 0 Å². The van der Waals surface area contributed by atoms with Crippen LogP contribution in [-0.4, -0.2) is 13.0 Å². The first kappa shape index (κ1) is 21.7. The highest BCUT2D eigenvalue weighted by atomic mass is 16.5. The molecule has 0 spiro atoms. The zero-order valence-electron chi connectivity index (χ0n) is 17.8. The molecule has 0 saturated carbocycles. The highest BCUT2D eigenvalue weighted by molar-refractivity contribution is 6.10. The van der Waals surface area contributed by atoms with Crippen LogP contribution in [0.15, 0.2) is 72.3 Å². The third-order valence-electron chi connectivity index (χ3n) is 4.74. The Balaban J connectivity index is 1.77. The molecule has 5 nitrogen and oxygen atoms in total. The van der Waals surface area contributed by atoms with E-state index in [4.69, 9.17) is 9.47 Å². The Bertz CT molecular complexity index is 1150. The molecule has 0 fully saturated rings. The highest BCUT2D eigenvalue weighted by Crippen LogP contribution is 2.30. The number of hydrogen-bond donors (Lipinski definition) is 1. The number of rotatable bonds is 7. The minimum absolute atomic E-state index is 0.000845. The molecule has 0 bridgehead atoms. The van der Waals surface area contributed by atoms with Crippen molar-refractivity contribution in [3.8, 4) is 17.6 Å². The van der Waals surface area contributed by atoms with Crippen molar-refractivity contribution in [3.05, 3.63) is 94.6 Å². The third-order valence-corrected chi connectivity index (χ3v) is 4.74. The van der Waals surface area contributed by atoms with Gasteiger partial charge in [0.15, 0.2) is 11.5 Å². The molecule has 3 aromatic carbocycles. The molecular formula is C26H24N2O3. The molecule has 1 amide bonds. The first-order chi connectivity index (χ1) is 15.0. The monoisotopic (exact) mass is 412 g/mol. The third kappa shape index (κ3) is 5.74. The Hall–Kier alpha value is -4.04. The van der Waals surface area contributed by atoms with Crippen LogP contribution < -0.4 is 14.8 Å². The van der Waals surface area contributed by atoms with Crippen molar-refractivity contribution in [3.63, 3.8) is 0 Å². The summed E-state index contributed by atoms with van der Waals surface area (Å²) < 4.78 is 11.3. The quantitative estimate of drug-likeness (QED) is 0.414. The number of ether oxygens (including phenoxy) is 2. The van der Waals surface area contributed by atoms with Crippen molar-refractivity contribution in [2.75, 3.05) is 12.4 Å². The van der Waals surface area contributed by atoms with E-state index in [1.165, 1.54) is 6.08 Å². The number of carbonyl (C=O) groups is 1. The zero-order valence-corrected chi connectivity index (χ0v) is 17.8. The van der Waals surface area contributed by atoms with Gasteiger partial charge < -0.3 is 14.8 Å². The molecule has 0 aliphatic heterocycles. The molecule has 0 aliphatic carbocycles. The van der Waals surface area contributed by atoms with Gasteiger partial charge in [0.25, 0.3) is 5.91 Å². The number of nitrogens with zero attached hydrogens (tertiary/aromatic N) is 1. The summed E-state index contributed by atoms with van der Waals surface area (Å²) in [7, 11) is 1.55. The van der Waals surface area contributed by atoms with Gasteiger partial charge in [-0.1, -0.05) is 48.5 Å². The molecule has 1 N–H and O–H groups in total. The molecule has 0 aromatic heterocycles. The fourth-order valence-corrected chi connectivity index (χ4v) is 3.00. The molecule has 156 valence electrons. The summed E-state index contributed by atoms with van der Waals surface area (Å²) in [5.41, 5.74) is 4.35. The Morgan fingerprint density at radius 1 is 1.03 bits per heavy atom. The lowest BCUT2D eigenvalue weighted by atomic mass is 10.1. The topological polar surface area (TPSA) is 71.3 Å². The van der Waals surface area contributed by atoms with Crippen LogP contribution in [-0.2, 0) is 11.4 Å². The smallest absolute Gasteiger partial charge is 0.266 e.